The molecule has 7 heteroatoms. The number of ether oxygens (including phenoxy) is 1. The first-order chi connectivity index (χ1) is 14.6. The van der Waals surface area contributed by atoms with Gasteiger partial charge in [0.1, 0.15) is 5.75 Å². The maximum absolute atomic E-state index is 13.1. The third-order valence-corrected chi connectivity index (χ3v) is 5.72. The maximum Gasteiger partial charge on any atom is 0.225 e. The lowest BCUT2D eigenvalue weighted by Crippen LogP contribution is -2.52. The van der Waals surface area contributed by atoms with Crippen molar-refractivity contribution in [2.24, 2.45) is 10.8 Å². The Morgan fingerprint density at radius 3 is 2.43 bits per heavy atom. The van der Waals surface area contributed by atoms with E-state index in [2.05, 4.69) is 32.8 Å². The molecule has 0 atom stereocenters. The van der Waals surface area contributed by atoms with Crippen molar-refractivity contribution in [3.63, 3.8) is 0 Å². The Morgan fingerprint density at radius 2 is 1.80 bits per heavy atom. The number of likely N-dealkylation sites (tertiary alicyclic amines) is 1. The number of carbonyl (C=O) groups is 1. The van der Waals surface area contributed by atoms with Gasteiger partial charge in [0.25, 0.3) is 0 Å². The number of hydrazine groups is 1. The Balaban J connectivity index is 1.79. The molecular weight excluding hydrogens is 378 g/mol. The number of amides is 1. The fraction of sp³-hybridized carbons (Fsp3) is 0.391. The normalized spacial score (nSPS) is 16.1. The fourth-order valence-electron chi connectivity index (χ4n) is 4.14. The molecule has 160 valence electrons. The van der Waals surface area contributed by atoms with E-state index in [1.165, 1.54) is 5.56 Å². The van der Waals surface area contributed by atoms with Gasteiger partial charge in [-0.1, -0.05) is 42.5 Å². The molecule has 2 aromatic carbocycles. The number of piperidine rings is 1. The second kappa shape index (κ2) is 10.1. The van der Waals surface area contributed by atoms with Crippen LogP contribution in [0.3, 0.4) is 0 Å². The van der Waals surface area contributed by atoms with Gasteiger partial charge in [0.2, 0.25) is 11.9 Å². The van der Waals surface area contributed by atoms with Crippen molar-refractivity contribution < 1.29 is 9.53 Å². The van der Waals surface area contributed by atoms with Crippen molar-refractivity contribution in [2.75, 3.05) is 32.1 Å². The minimum absolute atomic E-state index is 0.0174. The number of nitrogens with zero attached hydrogens (tertiary/aromatic N) is 2. The van der Waals surface area contributed by atoms with Crippen molar-refractivity contribution >= 4 is 17.6 Å². The molecule has 1 amide bonds. The highest BCUT2D eigenvalue weighted by Crippen LogP contribution is 2.39. The van der Waals surface area contributed by atoms with Gasteiger partial charge in [0.15, 0.2) is 0 Å². The summed E-state index contributed by atoms with van der Waals surface area (Å²) in [4.78, 5) is 19.7. The predicted molar refractivity (Wildman–Crippen MR) is 120 cm³/mol. The number of nitrogens with two attached hydrogens (primary N) is 1. The number of methoxy groups -OCH3 is 1. The minimum Gasteiger partial charge on any atom is -0.495 e. The standard InChI is InChI=1S/C23H31N5O2/c1-3-25-22(27-24)28-15-13-23(14-16-28,18-9-5-4-6-10-18)17-21(29)26-19-11-7-8-12-20(19)30-2/h4-12H,3,13-17,24H2,1-2H3,(H,25,27)(H,26,29). The molecule has 30 heavy (non-hydrogen) atoms. The lowest BCUT2D eigenvalue weighted by Gasteiger charge is -2.42. The summed E-state index contributed by atoms with van der Waals surface area (Å²) in [6.45, 7) is 4.21. The van der Waals surface area contributed by atoms with E-state index in [0.29, 0.717) is 30.4 Å². The van der Waals surface area contributed by atoms with Crippen LogP contribution in [0.25, 0.3) is 0 Å². The van der Waals surface area contributed by atoms with Crippen LogP contribution in [0.5, 0.6) is 5.75 Å². The van der Waals surface area contributed by atoms with Crippen LogP contribution in [0.15, 0.2) is 59.6 Å². The van der Waals surface area contributed by atoms with Gasteiger partial charge in [-0.05, 0) is 37.5 Å². The summed E-state index contributed by atoms with van der Waals surface area (Å²) < 4.78 is 5.37. The first kappa shape index (κ1) is 21.6. The Kier molecular flexibility index (Phi) is 7.30. The Labute approximate surface area is 178 Å². The third kappa shape index (κ3) is 4.91. The summed E-state index contributed by atoms with van der Waals surface area (Å²) in [6.07, 6.45) is 2.07. The van der Waals surface area contributed by atoms with Crippen molar-refractivity contribution in [3.05, 3.63) is 60.2 Å². The van der Waals surface area contributed by atoms with Gasteiger partial charge in [-0.2, -0.15) is 0 Å². The minimum atomic E-state index is -0.240. The average Bonchev–Trinajstić information content (AvgIpc) is 2.79. The van der Waals surface area contributed by atoms with Crippen LogP contribution < -0.4 is 21.3 Å². The van der Waals surface area contributed by atoms with Crippen LogP contribution >= 0.6 is 0 Å². The van der Waals surface area contributed by atoms with E-state index in [4.69, 9.17) is 10.6 Å². The fourth-order valence-corrected chi connectivity index (χ4v) is 4.14. The monoisotopic (exact) mass is 409 g/mol. The lowest BCUT2D eigenvalue weighted by atomic mass is 9.70. The van der Waals surface area contributed by atoms with Crippen molar-refractivity contribution in [2.45, 2.75) is 31.6 Å². The Bertz CT molecular complexity index is 861. The summed E-state index contributed by atoms with van der Waals surface area (Å²) >= 11 is 0. The van der Waals surface area contributed by atoms with E-state index in [1.807, 2.05) is 49.4 Å². The van der Waals surface area contributed by atoms with Gasteiger partial charge in [0, 0.05) is 31.5 Å². The number of rotatable bonds is 6. The number of hydrogen-bond donors (Lipinski definition) is 3. The van der Waals surface area contributed by atoms with E-state index in [1.54, 1.807) is 7.11 Å². The van der Waals surface area contributed by atoms with E-state index in [-0.39, 0.29) is 11.3 Å². The second-order valence-corrected chi connectivity index (χ2v) is 7.50. The number of anilines is 1. The number of para-hydroxylation sites is 2. The molecule has 0 spiro atoms. The van der Waals surface area contributed by atoms with Crippen LogP contribution in [-0.2, 0) is 10.2 Å². The van der Waals surface area contributed by atoms with Gasteiger partial charge in [-0.15, -0.1) is 0 Å². The highest BCUT2D eigenvalue weighted by atomic mass is 16.5. The summed E-state index contributed by atoms with van der Waals surface area (Å²) in [5, 5.41) is 3.04. The highest BCUT2D eigenvalue weighted by molar-refractivity contribution is 5.93. The molecule has 4 N–H and O–H groups in total. The molecule has 1 aliphatic heterocycles. The molecule has 0 unspecified atom stereocenters. The number of aliphatic imine (C=N–C) groups is 1. The van der Waals surface area contributed by atoms with Crippen molar-refractivity contribution in [1.29, 1.82) is 0 Å². The Hall–Kier alpha value is -3.06. The molecule has 2 aromatic rings. The zero-order valence-corrected chi connectivity index (χ0v) is 17.7. The van der Waals surface area contributed by atoms with Gasteiger partial charge in [0.05, 0.1) is 12.8 Å². The summed E-state index contributed by atoms with van der Waals surface area (Å²) in [6, 6.07) is 17.8. The van der Waals surface area contributed by atoms with Crippen LogP contribution in [0.2, 0.25) is 0 Å². The molecule has 1 aliphatic rings. The van der Waals surface area contributed by atoms with E-state index in [9.17, 15) is 4.79 Å². The molecule has 0 bridgehead atoms. The molecule has 1 saturated heterocycles. The second-order valence-electron chi connectivity index (χ2n) is 7.50. The van der Waals surface area contributed by atoms with E-state index in [0.717, 1.165) is 25.9 Å². The summed E-state index contributed by atoms with van der Waals surface area (Å²) in [5.74, 6) is 7.01. The SMILES string of the molecule is CCN=C(NN)N1CCC(CC(=O)Nc2ccccc2OC)(c2ccccc2)CC1. The van der Waals surface area contributed by atoms with Crippen molar-refractivity contribution in [3.8, 4) is 5.75 Å². The number of carbonyl (C=O) groups excluding carboxylic acids is 1. The summed E-state index contributed by atoms with van der Waals surface area (Å²) in [7, 11) is 1.60. The largest absolute Gasteiger partial charge is 0.495 e. The van der Waals surface area contributed by atoms with Crippen LogP contribution in [0.4, 0.5) is 5.69 Å². The molecule has 0 aliphatic carbocycles. The number of benzene rings is 2. The van der Waals surface area contributed by atoms with Crippen molar-refractivity contribution in [1.82, 2.24) is 10.3 Å². The molecule has 7 nitrogen and oxygen atoms in total. The molecule has 0 radical (unpaired) electrons. The lowest BCUT2D eigenvalue weighted by molar-refractivity contribution is -0.117. The quantitative estimate of drug-likeness (QED) is 0.295. The number of guanidine groups is 1. The summed E-state index contributed by atoms with van der Waals surface area (Å²) in [5.41, 5.74) is 4.35. The molecule has 3 rings (SSSR count). The van der Waals surface area contributed by atoms with Crippen LogP contribution in [0.1, 0.15) is 31.7 Å². The molecule has 1 heterocycles. The Morgan fingerprint density at radius 1 is 1.13 bits per heavy atom. The van der Waals surface area contributed by atoms with Crippen LogP contribution in [-0.4, -0.2) is 43.5 Å². The molecular formula is C23H31N5O2. The molecule has 1 fully saturated rings. The zero-order valence-electron chi connectivity index (χ0n) is 17.7. The topological polar surface area (TPSA) is 92.0 Å². The highest BCUT2D eigenvalue weighted by Gasteiger charge is 2.38. The maximum atomic E-state index is 13.1. The molecule has 0 saturated carbocycles. The number of nitrogens with one attached hydrogen (secondary N) is 2. The smallest absolute Gasteiger partial charge is 0.225 e. The molecule has 0 aromatic heterocycles. The first-order valence-corrected chi connectivity index (χ1v) is 10.4. The third-order valence-electron chi connectivity index (χ3n) is 5.72. The predicted octanol–water partition coefficient (Wildman–Crippen LogP) is 2.90. The van der Waals surface area contributed by atoms with Gasteiger partial charge in [-0.3, -0.25) is 15.2 Å². The van der Waals surface area contributed by atoms with E-state index >= 15 is 0 Å². The average molecular weight is 410 g/mol. The zero-order chi connectivity index (χ0) is 21.4. The van der Waals surface area contributed by atoms with Gasteiger partial charge < -0.3 is 15.0 Å². The first-order valence-electron chi connectivity index (χ1n) is 10.4. The van der Waals surface area contributed by atoms with Gasteiger partial charge in [-0.25, -0.2) is 5.84 Å². The van der Waals surface area contributed by atoms with Crippen LogP contribution in [0, 0.1) is 0 Å². The van der Waals surface area contributed by atoms with Gasteiger partial charge >= 0.3 is 0 Å². The number of hydrogen-bond acceptors (Lipinski definition) is 4. The van der Waals surface area contributed by atoms with E-state index < -0.39 is 0 Å².